The second-order valence-corrected chi connectivity index (χ2v) is 9.91. The van der Waals surface area contributed by atoms with Gasteiger partial charge in [0, 0.05) is 18.7 Å². The van der Waals surface area contributed by atoms with Crippen LogP contribution in [0.2, 0.25) is 0 Å². The number of sulfonamides is 1. The number of hydrogen-bond donors (Lipinski definition) is 2. The van der Waals surface area contributed by atoms with Crippen molar-refractivity contribution in [3.8, 4) is 5.75 Å². The number of carbonyl (C=O) groups is 2. The first kappa shape index (κ1) is 24.7. The quantitative estimate of drug-likeness (QED) is 0.586. The fraction of sp³-hybridized carbons (Fsp3) is 0.391. The highest BCUT2D eigenvalue weighted by Gasteiger charge is 2.45. The predicted octanol–water partition coefficient (Wildman–Crippen LogP) is 2.01. The molecule has 3 atom stereocenters. The van der Waals surface area contributed by atoms with E-state index in [2.05, 4.69) is 5.32 Å². The van der Waals surface area contributed by atoms with Crippen LogP contribution in [0.3, 0.4) is 0 Å². The Balaban J connectivity index is 1.71. The van der Waals surface area contributed by atoms with E-state index < -0.39 is 40.1 Å². The van der Waals surface area contributed by atoms with Gasteiger partial charge in [0.25, 0.3) is 5.91 Å². The van der Waals surface area contributed by atoms with Crippen LogP contribution < -0.4 is 10.1 Å². The Kier molecular flexibility index (Phi) is 7.41. The van der Waals surface area contributed by atoms with E-state index in [-0.39, 0.29) is 17.9 Å². The van der Waals surface area contributed by atoms with E-state index in [4.69, 9.17) is 9.47 Å². The number of aryl methyl sites for hydroxylation is 2. The van der Waals surface area contributed by atoms with Crippen molar-refractivity contribution < 1.29 is 32.6 Å². The standard InChI is InChI=1S/C23H28N2O7S/c1-14-5-10-20(11-15(14)2)33(29,30)25-13-18(26)12-21(25)23(28)32-16(3)22(27)24-17-6-8-19(31-4)9-7-17/h5-11,16,18,21,26H,12-13H2,1-4H3,(H,24,27)/t16?,18?,21-/m0/s1. The lowest BCUT2D eigenvalue weighted by Gasteiger charge is -2.24. The molecule has 1 aliphatic rings. The number of carbonyl (C=O) groups excluding carboxylic acids is 2. The number of aliphatic hydroxyl groups excluding tert-OH is 1. The maximum absolute atomic E-state index is 13.2. The average Bonchev–Trinajstić information content (AvgIpc) is 3.18. The lowest BCUT2D eigenvalue weighted by molar-refractivity contribution is -0.156. The van der Waals surface area contributed by atoms with Crippen molar-refractivity contribution >= 4 is 27.6 Å². The molecule has 3 rings (SSSR count). The Hall–Kier alpha value is -2.95. The minimum atomic E-state index is -4.06. The largest absolute Gasteiger partial charge is 0.497 e. The molecule has 2 aromatic rings. The third-order valence-electron chi connectivity index (χ3n) is 5.61. The molecule has 2 N–H and O–H groups in total. The summed E-state index contributed by atoms with van der Waals surface area (Å²) in [6.07, 6.45) is -2.31. The van der Waals surface area contributed by atoms with Gasteiger partial charge < -0.3 is 19.9 Å². The molecule has 2 unspecified atom stereocenters. The number of hydrogen-bond acceptors (Lipinski definition) is 7. The summed E-state index contributed by atoms with van der Waals surface area (Å²) >= 11 is 0. The monoisotopic (exact) mass is 476 g/mol. The van der Waals surface area contributed by atoms with Gasteiger partial charge >= 0.3 is 5.97 Å². The van der Waals surface area contributed by atoms with Crippen molar-refractivity contribution in [3.63, 3.8) is 0 Å². The molecule has 2 aromatic carbocycles. The van der Waals surface area contributed by atoms with E-state index in [1.807, 2.05) is 6.92 Å². The molecule has 0 saturated carbocycles. The number of benzene rings is 2. The number of β-amino-alcohol motifs (C(OH)–C–C–N with tert-alkyl or cyclic N) is 1. The third-order valence-corrected chi connectivity index (χ3v) is 7.48. The summed E-state index contributed by atoms with van der Waals surface area (Å²) < 4.78 is 37.7. The molecule has 1 fully saturated rings. The van der Waals surface area contributed by atoms with Crippen LogP contribution in [-0.2, 0) is 24.3 Å². The number of esters is 1. The van der Waals surface area contributed by atoms with Crippen molar-refractivity contribution in [2.24, 2.45) is 0 Å². The number of ether oxygens (including phenoxy) is 2. The summed E-state index contributed by atoms with van der Waals surface area (Å²) in [5.41, 5.74) is 2.21. The van der Waals surface area contributed by atoms with Crippen LogP contribution in [0, 0.1) is 13.8 Å². The summed E-state index contributed by atoms with van der Waals surface area (Å²) in [6.45, 7) is 4.82. The Morgan fingerprint density at radius 2 is 1.79 bits per heavy atom. The van der Waals surface area contributed by atoms with Crippen molar-refractivity contribution in [2.75, 3.05) is 19.0 Å². The van der Waals surface area contributed by atoms with Crippen molar-refractivity contribution in [3.05, 3.63) is 53.6 Å². The molecule has 0 aliphatic carbocycles. The first-order valence-electron chi connectivity index (χ1n) is 10.5. The van der Waals surface area contributed by atoms with E-state index in [1.165, 1.54) is 26.2 Å². The highest BCUT2D eigenvalue weighted by atomic mass is 32.2. The van der Waals surface area contributed by atoms with Gasteiger partial charge in [-0.15, -0.1) is 0 Å². The van der Waals surface area contributed by atoms with Crippen LogP contribution in [0.5, 0.6) is 5.75 Å². The number of anilines is 1. The van der Waals surface area contributed by atoms with Crippen molar-refractivity contribution in [2.45, 2.75) is 50.3 Å². The molecule has 1 heterocycles. The highest BCUT2D eigenvalue weighted by molar-refractivity contribution is 7.89. The maximum Gasteiger partial charge on any atom is 0.325 e. The molecule has 0 bridgehead atoms. The summed E-state index contributed by atoms with van der Waals surface area (Å²) in [5.74, 6) is -0.843. The van der Waals surface area contributed by atoms with Gasteiger partial charge in [-0.25, -0.2) is 8.42 Å². The van der Waals surface area contributed by atoms with E-state index >= 15 is 0 Å². The lowest BCUT2D eigenvalue weighted by atomic mass is 10.1. The molecular formula is C23H28N2O7S. The molecule has 1 aliphatic heterocycles. The second-order valence-electron chi connectivity index (χ2n) is 8.02. The number of nitrogens with zero attached hydrogens (tertiary/aromatic N) is 1. The number of methoxy groups -OCH3 is 1. The highest BCUT2D eigenvalue weighted by Crippen LogP contribution is 2.28. The minimum absolute atomic E-state index is 0.0304. The van der Waals surface area contributed by atoms with Crippen LogP contribution in [0.4, 0.5) is 5.69 Å². The molecular weight excluding hydrogens is 448 g/mol. The Bertz CT molecular complexity index is 1130. The molecule has 0 radical (unpaired) electrons. The summed E-state index contributed by atoms with van der Waals surface area (Å²) in [7, 11) is -2.53. The van der Waals surface area contributed by atoms with Crippen molar-refractivity contribution in [1.29, 1.82) is 0 Å². The summed E-state index contributed by atoms with van der Waals surface area (Å²) in [5, 5.41) is 12.7. The zero-order valence-corrected chi connectivity index (χ0v) is 19.8. The second kappa shape index (κ2) is 9.90. The first-order valence-corrected chi connectivity index (χ1v) is 11.9. The fourth-order valence-corrected chi connectivity index (χ4v) is 5.21. The van der Waals surface area contributed by atoms with Gasteiger partial charge in [-0.2, -0.15) is 4.31 Å². The average molecular weight is 477 g/mol. The molecule has 10 heteroatoms. The number of nitrogens with one attached hydrogen (secondary N) is 1. The lowest BCUT2D eigenvalue weighted by Crippen LogP contribution is -2.43. The predicted molar refractivity (Wildman–Crippen MR) is 121 cm³/mol. The molecule has 178 valence electrons. The van der Waals surface area contributed by atoms with Gasteiger partial charge in [0.05, 0.1) is 18.1 Å². The maximum atomic E-state index is 13.2. The number of amides is 1. The van der Waals surface area contributed by atoms with Gasteiger partial charge in [0.15, 0.2) is 6.10 Å². The summed E-state index contributed by atoms with van der Waals surface area (Å²) in [4.78, 5) is 25.3. The Morgan fingerprint density at radius 3 is 2.39 bits per heavy atom. The van der Waals surface area contributed by atoms with E-state index in [1.54, 1.807) is 37.3 Å². The van der Waals surface area contributed by atoms with Gasteiger partial charge in [-0.1, -0.05) is 6.07 Å². The van der Waals surface area contributed by atoms with Crippen LogP contribution in [0.25, 0.3) is 0 Å². The minimum Gasteiger partial charge on any atom is -0.497 e. The van der Waals surface area contributed by atoms with Crippen molar-refractivity contribution in [1.82, 2.24) is 4.31 Å². The molecule has 1 saturated heterocycles. The van der Waals surface area contributed by atoms with Crippen LogP contribution >= 0.6 is 0 Å². The number of rotatable bonds is 7. The van der Waals surface area contributed by atoms with Gasteiger partial charge in [0.2, 0.25) is 10.0 Å². The first-order chi connectivity index (χ1) is 15.5. The summed E-state index contributed by atoms with van der Waals surface area (Å²) in [6, 6.07) is 10.1. The number of aliphatic hydroxyl groups is 1. The van der Waals surface area contributed by atoms with Gasteiger partial charge in [-0.05, 0) is 68.3 Å². The van der Waals surface area contributed by atoms with Gasteiger partial charge in [-0.3, -0.25) is 9.59 Å². The molecule has 0 spiro atoms. The van der Waals surface area contributed by atoms with Gasteiger partial charge in [0.1, 0.15) is 11.8 Å². The topological polar surface area (TPSA) is 122 Å². The smallest absolute Gasteiger partial charge is 0.325 e. The SMILES string of the molecule is COc1ccc(NC(=O)C(C)OC(=O)[C@@H]2CC(O)CN2S(=O)(=O)c2ccc(C)c(C)c2)cc1. The van der Waals surface area contributed by atoms with Crippen LogP contribution in [-0.4, -0.2) is 61.6 Å². The zero-order chi connectivity index (χ0) is 24.3. The van der Waals surface area contributed by atoms with Crippen LogP contribution in [0.1, 0.15) is 24.5 Å². The molecule has 9 nitrogen and oxygen atoms in total. The zero-order valence-electron chi connectivity index (χ0n) is 18.9. The van der Waals surface area contributed by atoms with Crippen LogP contribution in [0.15, 0.2) is 47.4 Å². The Labute approximate surface area is 193 Å². The fourth-order valence-electron chi connectivity index (χ4n) is 3.50. The third kappa shape index (κ3) is 5.52. The molecule has 1 amide bonds. The molecule has 33 heavy (non-hydrogen) atoms. The van der Waals surface area contributed by atoms with E-state index in [0.717, 1.165) is 15.4 Å². The normalized spacial score (nSPS) is 19.7. The van der Waals surface area contributed by atoms with E-state index in [9.17, 15) is 23.1 Å². The molecule has 0 aromatic heterocycles. The van der Waals surface area contributed by atoms with E-state index in [0.29, 0.717) is 11.4 Å². The Morgan fingerprint density at radius 1 is 1.12 bits per heavy atom.